The summed E-state index contributed by atoms with van der Waals surface area (Å²) in [7, 11) is -3.15. The van der Waals surface area contributed by atoms with Crippen LogP contribution in [0.4, 0.5) is 0 Å². The van der Waals surface area contributed by atoms with Gasteiger partial charge in [-0.1, -0.05) is 0 Å². The molecule has 1 heterocycles. The van der Waals surface area contributed by atoms with Gasteiger partial charge in [0.25, 0.3) is 0 Å². The fourth-order valence-corrected chi connectivity index (χ4v) is 4.22. The number of ketones is 1. The highest BCUT2D eigenvalue weighted by molar-refractivity contribution is 7.91. The Morgan fingerprint density at radius 3 is 2.87 bits per heavy atom. The van der Waals surface area contributed by atoms with Gasteiger partial charge in [0, 0.05) is 12.3 Å². The first-order chi connectivity index (χ1) is 6.94. The topological polar surface area (TPSA) is 60.4 Å². The van der Waals surface area contributed by atoms with E-state index in [-0.39, 0.29) is 12.2 Å². The van der Waals surface area contributed by atoms with Gasteiger partial charge in [0.05, 0.1) is 12.7 Å². The molecule has 1 fully saturated rings. The molecule has 84 valence electrons. The van der Waals surface area contributed by atoms with Gasteiger partial charge in [-0.2, -0.15) is 0 Å². The molecule has 0 aromatic carbocycles. The SMILES string of the molecule is CS(=O)(=O)C1CCCC12CC(=O)C=CO2. The highest BCUT2D eigenvalue weighted by Gasteiger charge is 2.51. The molecular formula is C10H14O4S. The molecule has 0 bridgehead atoms. The van der Waals surface area contributed by atoms with E-state index < -0.39 is 20.7 Å². The fourth-order valence-electron chi connectivity index (χ4n) is 2.59. The first-order valence-electron chi connectivity index (χ1n) is 5.00. The van der Waals surface area contributed by atoms with Gasteiger partial charge in [-0.05, 0) is 19.3 Å². The Labute approximate surface area is 89.2 Å². The van der Waals surface area contributed by atoms with Gasteiger partial charge in [0.15, 0.2) is 15.6 Å². The van der Waals surface area contributed by atoms with Crippen molar-refractivity contribution in [1.29, 1.82) is 0 Å². The van der Waals surface area contributed by atoms with Crippen LogP contribution in [-0.4, -0.2) is 31.3 Å². The lowest BCUT2D eigenvalue weighted by Gasteiger charge is -2.34. The van der Waals surface area contributed by atoms with Gasteiger partial charge in [-0.3, -0.25) is 4.79 Å². The second-order valence-electron chi connectivity index (χ2n) is 4.34. The van der Waals surface area contributed by atoms with Gasteiger partial charge in [-0.25, -0.2) is 8.42 Å². The average Bonchev–Trinajstić information content (AvgIpc) is 2.47. The number of rotatable bonds is 1. The Morgan fingerprint density at radius 2 is 2.27 bits per heavy atom. The molecule has 1 aliphatic carbocycles. The van der Waals surface area contributed by atoms with Crippen LogP contribution in [0.2, 0.25) is 0 Å². The number of allylic oxidation sites excluding steroid dienone is 1. The van der Waals surface area contributed by atoms with Crippen molar-refractivity contribution in [1.82, 2.24) is 0 Å². The number of hydrogen-bond acceptors (Lipinski definition) is 4. The summed E-state index contributed by atoms with van der Waals surface area (Å²) in [6.07, 6.45) is 6.18. The van der Waals surface area contributed by atoms with Crippen LogP contribution in [0.3, 0.4) is 0 Å². The molecule has 0 radical (unpaired) electrons. The largest absolute Gasteiger partial charge is 0.493 e. The third-order valence-electron chi connectivity index (χ3n) is 3.20. The van der Waals surface area contributed by atoms with Gasteiger partial charge >= 0.3 is 0 Å². The van der Waals surface area contributed by atoms with Crippen molar-refractivity contribution in [2.24, 2.45) is 0 Å². The predicted octanol–water partition coefficient (Wildman–Crippen LogP) is 0.825. The quantitative estimate of drug-likeness (QED) is 0.669. The Kier molecular flexibility index (Phi) is 2.37. The Bertz CT molecular complexity index is 409. The highest BCUT2D eigenvalue weighted by atomic mass is 32.2. The van der Waals surface area contributed by atoms with E-state index in [1.54, 1.807) is 0 Å². The van der Waals surface area contributed by atoms with E-state index >= 15 is 0 Å². The zero-order valence-corrected chi connectivity index (χ0v) is 9.42. The van der Waals surface area contributed by atoms with Crippen LogP contribution in [0.25, 0.3) is 0 Å². The minimum Gasteiger partial charge on any atom is -0.493 e. The maximum absolute atomic E-state index is 11.6. The lowest BCUT2D eigenvalue weighted by atomic mass is 9.93. The van der Waals surface area contributed by atoms with E-state index in [4.69, 9.17) is 4.74 Å². The molecule has 0 amide bonds. The summed E-state index contributed by atoms with van der Waals surface area (Å²) >= 11 is 0. The Hall–Kier alpha value is -0.840. The minimum atomic E-state index is -3.15. The van der Waals surface area contributed by atoms with Crippen molar-refractivity contribution in [2.75, 3.05) is 6.26 Å². The predicted molar refractivity (Wildman–Crippen MR) is 55.1 cm³/mol. The minimum absolute atomic E-state index is 0.0446. The molecule has 2 rings (SSSR count). The molecule has 2 unspecified atom stereocenters. The summed E-state index contributed by atoms with van der Waals surface area (Å²) in [5.41, 5.74) is -0.778. The smallest absolute Gasteiger partial charge is 0.162 e. The van der Waals surface area contributed by atoms with Gasteiger partial charge in [0.1, 0.15) is 10.9 Å². The molecule has 15 heavy (non-hydrogen) atoms. The van der Waals surface area contributed by atoms with Crippen LogP contribution >= 0.6 is 0 Å². The summed E-state index contributed by atoms with van der Waals surface area (Å²) in [5, 5.41) is -0.529. The van der Waals surface area contributed by atoms with Crippen molar-refractivity contribution < 1.29 is 17.9 Å². The molecule has 2 atom stereocenters. The van der Waals surface area contributed by atoms with Gasteiger partial charge in [-0.15, -0.1) is 0 Å². The van der Waals surface area contributed by atoms with E-state index in [0.717, 1.165) is 6.42 Å². The van der Waals surface area contributed by atoms with Crippen LogP contribution in [-0.2, 0) is 19.4 Å². The first kappa shape index (κ1) is 10.7. The molecule has 1 saturated carbocycles. The maximum Gasteiger partial charge on any atom is 0.162 e. The van der Waals surface area contributed by atoms with Crippen molar-refractivity contribution in [2.45, 2.75) is 36.5 Å². The highest BCUT2D eigenvalue weighted by Crippen LogP contribution is 2.42. The molecule has 1 aliphatic heterocycles. The van der Waals surface area contributed by atoms with Gasteiger partial charge < -0.3 is 4.74 Å². The zero-order valence-electron chi connectivity index (χ0n) is 8.60. The summed E-state index contributed by atoms with van der Waals surface area (Å²) < 4.78 is 28.7. The van der Waals surface area contributed by atoms with Crippen LogP contribution in [0.15, 0.2) is 12.3 Å². The van der Waals surface area contributed by atoms with E-state index in [1.807, 2.05) is 0 Å². The Balaban J connectivity index is 2.35. The van der Waals surface area contributed by atoms with Crippen molar-refractivity contribution >= 4 is 15.6 Å². The second-order valence-corrected chi connectivity index (χ2v) is 6.57. The van der Waals surface area contributed by atoms with E-state index in [9.17, 15) is 13.2 Å². The monoisotopic (exact) mass is 230 g/mol. The van der Waals surface area contributed by atoms with E-state index in [1.165, 1.54) is 18.6 Å². The molecule has 5 heteroatoms. The van der Waals surface area contributed by atoms with Crippen molar-refractivity contribution in [3.63, 3.8) is 0 Å². The van der Waals surface area contributed by atoms with Crippen LogP contribution < -0.4 is 0 Å². The van der Waals surface area contributed by atoms with Crippen LogP contribution in [0.1, 0.15) is 25.7 Å². The number of hydrogen-bond donors (Lipinski definition) is 0. The van der Waals surface area contributed by atoms with E-state index in [2.05, 4.69) is 0 Å². The molecule has 1 spiro atoms. The van der Waals surface area contributed by atoms with Crippen LogP contribution in [0, 0.1) is 0 Å². The second kappa shape index (κ2) is 3.33. The molecule has 0 saturated heterocycles. The molecular weight excluding hydrogens is 216 g/mol. The van der Waals surface area contributed by atoms with E-state index in [0.29, 0.717) is 12.8 Å². The first-order valence-corrected chi connectivity index (χ1v) is 6.96. The normalized spacial score (nSPS) is 35.8. The average molecular weight is 230 g/mol. The third kappa shape index (κ3) is 1.80. The Morgan fingerprint density at radius 1 is 1.53 bits per heavy atom. The van der Waals surface area contributed by atoms with Gasteiger partial charge in [0.2, 0.25) is 0 Å². The number of carbonyl (C=O) groups excluding carboxylic acids is 1. The number of sulfone groups is 1. The summed E-state index contributed by atoms with van der Waals surface area (Å²) in [6.45, 7) is 0. The number of carbonyl (C=O) groups is 1. The number of ether oxygens (including phenoxy) is 1. The van der Waals surface area contributed by atoms with Crippen LogP contribution in [0.5, 0.6) is 0 Å². The van der Waals surface area contributed by atoms with Crippen molar-refractivity contribution in [3.05, 3.63) is 12.3 Å². The standard InChI is InChI=1S/C10H14O4S/c1-15(12,13)9-3-2-5-10(9)7-8(11)4-6-14-10/h4,6,9H,2-3,5,7H2,1H3. The lowest BCUT2D eigenvalue weighted by Crippen LogP contribution is -2.46. The third-order valence-corrected chi connectivity index (χ3v) is 4.90. The zero-order chi connectivity index (χ0) is 11.1. The molecule has 0 N–H and O–H groups in total. The molecule has 4 nitrogen and oxygen atoms in total. The summed E-state index contributed by atoms with van der Waals surface area (Å²) in [4.78, 5) is 11.3. The van der Waals surface area contributed by atoms with Crippen molar-refractivity contribution in [3.8, 4) is 0 Å². The molecule has 0 aromatic rings. The lowest BCUT2D eigenvalue weighted by molar-refractivity contribution is -0.121. The summed E-state index contributed by atoms with van der Waals surface area (Å²) in [5.74, 6) is -0.0446. The summed E-state index contributed by atoms with van der Waals surface area (Å²) in [6, 6.07) is 0. The maximum atomic E-state index is 11.6. The fraction of sp³-hybridized carbons (Fsp3) is 0.700. The molecule has 0 aromatic heterocycles. The molecule has 2 aliphatic rings.